The number of aryl methyl sites for hydroxylation is 1. The fraction of sp³-hybridized carbons (Fsp3) is 0.320. The van der Waals surface area contributed by atoms with Crippen LogP contribution in [0.2, 0.25) is 0 Å². The standard InChI is InChI=1S/C25H28N6O5S/c1-17-14-26-24(27-15-17)23(35-3)18(2)37(33,34)16-21-29-30-25(31(21)19-8-5-4-6-9-19)20-10-7-11-22(28-20)36-13-12-32/h4-11,14-15,18,23,32H,12-13,16H2,1-3H3/t18-,23-/m0/s1. The van der Waals surface area contributed by atoms with Crippen molar-refractivity contribution in [3.8, 4) is 23.1 Å². The first-order valence-corrected chi connectivity index (χ1v) is 13.3. The minimum atomic E-state index is -3.80. The number of benzene rings is 1. The second-order valence-corrected chi connectivity index (χ2v) is 10.7. The van der Waals surface area contributed by atoms with Crippen molar-refractivity contribution in [2.75, 3.05) is 20.3 Å². The summed E-state index contributed by atoms with van der Waals surface area (Å²) in [6, 6.07) is 14.3. The molecule has 4 rings (SSSR count). The van der Waals surface area contributed by atoms with Crippen molar-refractivity contribution < 1.29 is 23.0 Å². The molecule has 0 unspecified atom stereocenters. The van der Waals surface area contributed by atoms with Gasteiger partial charge in [0.05, 0.1) is 11.9 Å². The third-order valence-corrected chi connectivity index (χ3v) is 7.71. The molecule has 1 aromatic carbocycles. The highest BCUT2D eigenvalue weighted by molar-refractivity contribution is 7.91. The zero-order valence-electron chi connectivity index (χ0n) is 20.7. The maximum atomic E-state index is 13.6. The predicted molar refractivity (Wildman–Crippen MR) is 136 cm³/mol. The number of hydrogen-bond acceptors (Lipinski definition) is 10. The number of aromatic nitrogens is 6. The molecule has 3 heterocycles. The van der Waals surface area contributed by atoms with Crippen LogP contribution in [0.15, 0.2) is 60.9 Å². The Hall–Kier alpha value is -3.74. The molecule has 0 fully saturated rings. The molecule has 0 bridgehead atoms. The molecule has 194 valence electrons. The summed E-state index contributed by atoms with van der Waals surface area (Å²) in [5, 5.41) is 16.6. The fourth-order valence-electron chi connectivity index (χ4n) is 3.75. The van der Waals surface area contributed by atoms with Crippen molar-refractivity contribution in [1.82, 2.24) is 29.7 Å². The number of ether oxygens (including phenoxy) is 2. The Morgan fingerprint density at radius 3 is 2.43 bits per heavy atom. The minimum absolute atomic E-state index is 0.0918. The first-order valence-electron chi connectivity index (χ1n) is 11.6. The van der Waals surface area contributed by atoms with E-state index in [9.17, 15) is 8.42 Å². The summed E-state index contributed by atoms with van der Waals surface area (Å²) in [5.41, 5.74) is 1.97. The highest BCUT2D eigenvalue weighted by atomic mass is 32.2. The highest BCUT2D eigenvalue weighted by Gasteiger charge is 2.34. The molecule has 37 heavy (non-hydrogen) atoms. The number of hydrogen-bond donors (Lipinski definition) is 1. The molecule has 2 atom stereocenters. The second-order valence-electron chi connectivity index (χ2n) is 8.33. The van der Waals surface area contributed by atoms with Gasteiger partial charge in [-0.25, -0.2) is 23.4 Å². The maximum absolute atomic E-state index is 13.6. The molecule has 0 radical (unpaired) electrons. The van der Waals surface area contributed by atoms with Crippen LogP contribution in [0.3, 0.4) is 0 Å². The molecule has 0 saturated heterocycles. The fourth-order valence-corrected chi connectivity index (χ4v) is 5.17. The molecule has 4 aromatic rings. The molecule has 0 aliphatic heterocycles. The number of pyridine rings is 1. The van der Waals surface area contributed by atoms with Gasteiger partial charge in [-0.15, -0.1) is 10.2 Å². The van der Waals surface area contributed by atoms with E-state index in [-0.39, 0.29) is 19.0 Å². The summed E-state index contributed by atoms with van der Waals surface area (Å²) in [6.07, 6.45) is 2.38. The van der Waals surface area contributed by atoms with Crippen molar-refractivity contribution in [3.05, 3.63) is 78.1 Å². The SMILES string of the molecule is CO[C@H](c1ncc(C)cn1)[C@H](C)S(=O)(=O)Cc1nnc(-c2cccc(OCCO)n2)n1-c1ccccc1. The van der Waals surface area contributed by atoms with E-state index in [4.69, 9.17) is 14.6 Å². The van der Waals surface area contributed by atoms with Crippen molar-refractivity contribution >= 4 is 9.84 Å². The summed E-state index contributed by atoms with van der Waals surface area (Å²) in [6.45, 7) is 3.36. The summed E-state index contributed by atoms with van der Waals surface area (Å²) in [5.74, 6) is 0.763. The molecular weight excluding hydrogens is 496 g/mol. The van der Waals surface area contributed by atoms with Crippen LogP contribution in [0, 0.1) is 6.92 Å². The number of para-hydroxylation sites is 1. The minimum Gasteiger partial charge on any atom is -0.475 e. The normalized spacial score (nSPS) is 13.3. The number of aliphatic hydroxyl groups is 1. The van der Waals surface area contributed by atoms with Crippen LogP contribution in [-0.4, -0.2) is 68.8 Å². The molecule has 1 N–H and O–H groups in total. The van der Waals surface area contributed by atoms with Crippen molar-refractivity contribution in [1.29, 1.82) is 0 Å². The Balaban J connectivity index is 1.72. The number of aliphatic hydroxyl groups excluding tert-OH is 1. The Bertz CT molecular complexity index is 1430. The predicted octanol–water partition coefficient (Wildman–Crippen LogP) is 2.49. The Morgan fingerprint density at radius 2 is 1.76 bits per heavy atom. The van der Waals surface area contributed by atoms with Crippen molar-refractivity contribution in [3.63, 3.8) is 0 Å². The summed E-state index contributed by atoms with van der Waals surface area (Å²) < 4.78 is 39.7. The third-order valence-electron chi connectivity index (χ3n) is 5.67. The quantitative estimate of drug-likeness (QED) is 0.311. The molecule has 0 amide bonds. The van der Waals surface area contributed by atoms with Gasteiger partial charge in [-0.05, 0) is 37.6 Å². The molecule has 0 spiro atoms. The van der Waals surface area contributed by atoms with E-state index < -0.39 is 26.9 Å². The Labute approximate surface area is 215 Å². The smallest absolute Gasteiger partial charge is 0.213 e. The van der Waals surface area contributed by atoms with Gasteiger partial charge in [0.1, 0.15) is 24.2 Å². The van der Waals surface area contributed by atoms with Gasteiger partial charge in [0.15, 0.2) is 27.3 Å². The van der Waals surface area contributed by atoms with E-state index in [1.807, 2.05) is 37.3 Å². The molecule has 0 aliphatic carbocycles. The average Bonchev–Trinajstić information content (AvgIpc) is 3.32. The molecule has 11 nitrogen and oxygen atoms in total. The zero-order chi connectivity index (χ0) is 26.4. The van der Waals surface area contributed by atoms with Gasteiger partial charge in [-0.3, -0.25) is 4.57 Å². The highest BCUT2D eigenvalue weighted by Crippen LogP contribution is 2.28. The van der Waals surface area contributed by atoms with Crippen molar-refractivity contribution in [2.24, 2.45) is 0 Å². The summed E-state index contributed by atoms with van der Waals surface area (Å²) in [4.78, 5) is 13.0. The van der Waals surface area contributed by atoms with Crippen LogP contribution in [0.1, 0.15) is 30.2 Å². The summed E-state index contributed by atoms with van der Waals surface area (Å²) >= 11 is 0. The molecule has 3 aromatic heterocycles. The lowest BCUT2D eigenvalue weighted by atomic mass is 10.2. The Kier molecular flexibility index (Phi) is 8.21. The van der Waals surface area contributed by atoms with Crippen LogP contribution in [0.4, 0.5) is 0 Å². The average molecular weight is 525 g/mol. The lowest BCUT2D eigenvalue weighted by Gasteiger charge is -2.21. The number of methoxy groups -OCH3 is 1. The molecular formula is C25H28N6O5S. The number of nitrogens with zero attached hydrogens (tertiary/aromatic N) is 6. The van der Waals surface area contributed by atoms with Gasteiger partial charge in [0.2, 0.25) is 5.88 Å². The molecule has 12 heteroatoms. The van der Waals surface area contributed by atoms with E-state index >= 15 is 0 Å². The van der Waals surface area contributed by atoms with Gasteiger partial charge >= 0.3 is 0 Å². The van der Waals surface area contributed by atoms with Gasteiger partial charge < -0.3 is 14.6 Å². The first-order chi connectivity index (χ1) is 17.8. The van der Waals surface area contributed by atoms with Crippen LogP contribution in [-0.2, 0) is 20.3 Å². The molecule has 0 saturated carbocycles. The van der Waals surface area contributed by atoms with Crippen LogP contribution >= 0.6 is 0 Å². The van der Waals surface area contributed by atoms with E-state index in [1.165, 1.54) is 7.11 Å². The monoisotopic (exact) mass is 524 g/mol. The van der Waals surface area contributed by atoms with Crippen LogP contribution in [0.25, 0.3) is 17.2 Å². The topological polar surface area (TPSA) is 142 Å². The second kappa shape index (κ2) is 11.5. The molecule has 0 aliphatic rings. The van der Waals surface area contributed by atoms with Gasteiger partial charge in [0.25, 0.3) is 0 Å². The van der Waals surface area contributed by atoms with Gasteiger partial charge in [-0.1, -0.05) is 24.3 Å². The zero-order valence-corrected chi connectivity index (χ0v) is 21.5. The number of sulfone groups is 1. The van der Waals surface area contributed by atoms with E-state index in [1.54, 1.807) is 42.1 Å². The number of rotatable bonds is 11. The lowest BCUT2D eigenvalue weighted by Crippen LogP contribution is -2.30. The Morgan fingerprint density at radius 1 is 1.03 bits per heavy atom. The van der Waals surface area contributed by atoms with Gasteiger partial charge in [-0.2, -0.15) is 0 Å². The third kappa shape index (κ3) is 5.98. The van der Waals surface area contributed by atoms with E-state index in [0.29, 0.717) is 28.9 Å². The van der Waals surface area contributed by atoms with E-state index in [2.05, 4.69) is 25.1 Å². The lowest BCUT2D eigenvalue weighted by molar-refractivity contribution is 0.0947. The van der Waals surface area contributed by atoms with E-state index in [0.717, 1.165) is 5.56 Å². The maximum Gasteiger partial charge on any atom is 0.213 e. The van der Waals surface area contributed by atoms with Crippen LogP contribution in [0.5, 0.6) is 5.88 Å². The largest absolute Gasteiger partial charge is 0.475 e. The first kappa shape index (κ1) is 26.3. The summed E-state index contributed by atoms with van der Waals surface area (Å²) in [7, 11) is -2.37. The van der Waals surface area contributed by atoms with Crippen LogP contribution < -0.4 is 4.74 Å². The van der Waals surface area contributed by atoms with Gasteiger partial charge in [0, 0.05) is 31.3 Å². The van der Waals surface area contributed by atoms with Crippen molar-refractivity contribution in [2.45, 2.75) is 31.0 Å².